The lowest BCUT2D eigenvalue weighted by atomic mass is 9.82. The molecule has 2 rings (SSSR count). The van der Waals surface area contributed by atoms with Crippen molar-refractivity contribution in [2.24, 2.45) is 11.8 Å². The highest BCUT2D eigenvalue weighted by Gasteiger charge is 2.23. The van der Waals surface area contributed by atoms with Gasteiger partial charge < -0.3 is 10.2 Å². The molecule has 0 bridgehead atoms. The van der Waals surface area contributed by atoms with E-state index in [1.165, 1.54) is 58.2 Å². The van der Waals surface area contributed by atoms with Crippen LogP contribution in [0.5, 0.6) is 0 Å². The van der Waals surface area contributed by atoms with Crippen LogP contribution in [0.3, 0.4) is 0 Å². The highest BCUT2D eigenvalue weighted by Crippen LogP contribution is 2.29. The van der Waals surface area contributed by atoms with Gasteiger partial charge in [0.1, 0.15) is 0 Å². The van der Waals surface area contributed by atoms with Crippen LogP contribution in [-0.2, 0) is 0 Å². The van der Waals surface area contributed by atoms with Gasteiger partial charge in [-0.25, -0.2) is 0 Å². The van der Waals surface area contributed by atoms with E-state index in [9.17, 15) is 0 Å². The molecule has 0 amide bonds. The lowest BCUT2D eigenvalue weighted by Crippen LogP contribution is -2.43. The van der Waals surface area contributed by atoms with Gasteiger partial charge in [-0.3, -0.25) is 0 Å². The van der Waals surface area contributed by atoms with Crippen molar-refractivity contribution < 1.29 is 0 Å². The Hall–Kier alpha value is -0.0800. The zero-order chi connectivity index (χ0) is 11.4. The van der Waals surface area contributed by atoms with Gasteiger partial charge in [-0.2, -0.15) is 0 Å². The van der Waals surface area contributed by atoms with E-state index in [2.05, 4.69) is 24.2 Å². The first kappa shape index (κ1) is 12.4. The minimum Gasteiger partial charge on any atom is -0.317 e. The molecule has 0 unspecified atom stereocenters. The molecular weight excluding hydrogens is 196 g/mol. The molecule has 0 atom stereocenters. The molecule has 1 heterocycles. The van der Waals surface area contributed by atoms with Crippen molar-refractivity contribution in [3.8, 4) is 0 Å². The lowest BCUT2D eigenvalue weighted by molar-refractivity contribution is 0.147. The average Bonchev–Trinajstić information content (AvgIpc) is 2.33. The van der Waals surface area contributed by atoms with Gasteiger partial charge in [0.2, 0.25) is 0 Å². The molecule has 1 N–H and O–H groups in total. The van der Waals surface area contributed by atoms with Gasteiger partial charge in [-0.05, 0) is 57.7 Å². The Kier molecular flexibility index (Phi) is 4.66. The standard InChI is InChI=1S/C14H28N2/c1-12-3-5-13(6-4-12)11-16(2)14-7-9-15-10-8-14/h12-15H,3-11H2,1-2H3. The first-order valence-corrected chi connectivity index (χ1v) is 7.16. The van der Waals surface area contributed by atoms with E-state index < -0.39 is 0 Å². The van der Waals surface area contributed by atoms with Crippen LogP contribution in [0.2, 0.25) is 0 Å². The molecule has 1 saturated carbocycles. The van der Waals surface area contributed by atoms with Crippen LogP contribution < -0.4 is 5.32 Å². The predicted octanol–water partition coefficient (Wildman–Crippen LogP) is 2.50. The molecular formula is C14H28N2. The SMILES string of the molecule is CC1CCC(CN(C)C2CCNCC2)CC1. The maximum absolute atomic E-state index is 3.45. The third-order valence-electron chi connectivity index (χ3n) is 4.61. The summed E-state index contributed by atoms with van der Waals surface area (Å²) in [4.78, 5) is 2.64. The summed E-state index contributed by atoms with van der Waals surface area (Å²) in [6, 6.07) is 0.848. The molecule has 0 aromatic heterocycles. The first-order valence-electron chi connectivity index (χ1n) is 7.16. The molecule has 0 aromatic rings. The molecule has 2 aliphatic rings. The Labute approximate surface area is 101 Å². The van der Waals surface area contributed by atoms with Crippen molar-refractivity contribution in [1.29, 1.82) is 0 Å². The first-order chi connectivity index (χ1) is 7.75. The summed E-state index contributed by atoms with van der Waals surface area (Å²) < 4.78 is 0. The molecule has 94 valence electrons. The minimum atomic E-state index is 0.848. The van der Waals surface area contributed by atoms with Crippen LogP contribution in [-0.4, -0.2) is 37.6 Å². The van der Waals surface area contributed by atoms with Gasteiger partial charge in [0.05, 0.1) is 0 Å². The Bertz CT molecular complexity index is 191. The molecule has 1 aliphatic carbocycles. The van der Waals surface area contributed by atoms with Crippen molar-refractivity contribution in [2.75, 3.05) is 26.7 Å². The van der Waals surface area contributed by atoms with Gasteiger partial charge >= 0.3 is 0 Å². The molecule has 0 aromatic carbocycles. The quantitative estimate of drug-likeness (QED) is 0.792. The van der Waals surface area contributed by atoms with Gasteiger partial charge in [0, 0.05) is 12.6 Å². The zero-order valence-electron chi connectivity index (χ0n) is 11.0. The highest BCUT2D eigenvalue weighted by molar-refractivity contribution is 4.79. The van der Waals surface area contributed by atoms with Gasteiger partial charge in [0.25, 0.3) is 0 Å². The van der Waals surface area contributed by atoms with Crippen LogP contribution in [0.15, 0.2) is 0 Å². The predicted molar refractivity (Wildman–Crippen MR) is 69.6 cm³/mol. The molecule has 2 heteroatoms. The normalized spacial score (nSPS) is 33.2. The number of hydrogen-bond acceptors (Lipinski definition) is 2. The Morgan fingerprint density at radius 1 is 1.00 bits per heavy atom. The second-order valence-electron chi connectivity index (χ2n) is 6.05. The molecule has 2 nitrogen and oxygen atoms in total. The summed E-state index contributed by atoms with van der Waals surface area (Å²) in [5.41, 5.74) is 0. The third-order valence-corrected chi connectivity index (χ3v) is 4.61. The summed E-state index contributed by atoms with van der Waals surface area (Å²) in [7, 11) is 2.34. The van der Waals surface area contributed by atoms with Gasteiger partial charge in [-0.1, -0.05) is 19.8 Å². The summed E-state index contributed by atoms with van der Waals surface area (Å²) >= 11 is 0. The number of hydrogen-bond donors (Lipinski definition) is 1. The fraction of sp³-hybridized carbons (Fsp3) is 1.00. The zero-order valence-corrected chi connectivity index (χ0v) is 11.0. The van der Waals surface area contributed by atoms with Gasteiger partial charge in [-0.15, -0.1) is 0 Å². The number of rotatable bonds is 3. The monoisotopic (exact) mass is 224 g/mol. The second-order valence-corrected chi connectivity index (χ2v) is 6.05. The fourth-order valence-corrected chi connectivity index (χ4v) is 3.32. The van der Waals surface area contributed by atoms with Crippen molar-refractivity contribution in [1.82, 2.24) is 10.2 Å². The summed E-state index contributed by atoms with van der Waals surface area (Å²) in [5, 5.41) is 3.45. The molecule has 1 aliphatic heterocycles. The smallest absolute Gasteiger partial charge is 0.0116 e. The van der Waals surface area contributed by atoms with E-state index in [1.54, 1.807) is 0 Å². The Morgan fingerprint density at radius 3 is 2.25 bits per heavy atom. The maximum Gasteiger partial charge on any atom is 0.0116 e. The van der Waals surface area contributed by atoms with E-state index in [0.717, 1.165) is 17.9 Å². The fourth-order valence-electron chi connectivity index (χ4n) is 3.32. The topological polar surface area (TPSA) is 15.3 Å². The Balaban J connectivity index is 1.71. The Morgan fingerprint density at radius 2 is 1.62 bits per heavy atom. The second kappa shape index (κ2) is 6.02. The van der Waals surface area contributed by atoms with E-state index in [-0.39, 0.29) is 0 Å². The third kappa shape index (κ3) is 3.46. The van der Waals surface area contributed by atoms with E-state index in [1.807, 2.05) is 0 Å². The highest BCUT2D eigenvalue weighted by atomic mass is 15.1. The molecule has 16 heavy (non-hydrogen) atoms. The summed E-state index contributed by atoms with van der Waals surface area (Å²) in [6.07, 6.45) is 8.56. The van der Waals surface area contributed by atoms with Crippen molar-refractivity contribution in [3.05, 3.63) is 0 Å². The van der Waals surface area contributed by atoms with Crippen molar-refractivity contribution >= 4 is 0 Å². The molecule has 0 radical (unpaired) electrons. The van der Waals surface area contributed by atoms with Crippen LogP contribution in [0, 0.1) is 11.8 Å². The van der Waals surface area contributed by atoms with Gasteiger partial charge in [0.15, 0.2) is 0 Å². The lowest BCUT2D eigenvalue weighted by Gasteiger charge is -2.36. The van der Waals surface area contributed by atoms with Crippen molar-refractivity contribution in [3.63, 3.8) is 0 Å². The van der Waals surface area contributed by atoms with Crippen LogP contribution >= 0.6 is 0 Å². The molecule has 2 fully saturated rings. The number of nitrogens with one attached hydrogen (secondary N) is 1. The van der Waals surface area contributed by atoms with Crippen LogP contribution in [0.1, 0.15) is 45.4 Å². The number of piperidine rings is 1. The van der Waals surface area contributed by atoms with E-state index in [0.29, 0.717) is 0 Å². The summed E-state index contributed by atoms with van der Waals surface area (Å²) in [6.45, 7) is 6.19. The van der Waals surface area contributed by atoms with Crippen LogP contribution in [0.4, 0.5) is 0 Å². The average molecular weight is 224 g/mol. The number of nitrogens with zero attached hydrogens (tertiary/aromatic N) is 1. The largest absolute Gasteiger partial charge is 0.317 e. The van der Waals surface area contributed by atoms with Crippen LogP contribution in [0.25, 0.3) is 0 Å². The van der Waals surface area contributed by atoms with Crippen molar-refractivity contribution in [2.45, 2.75) is 51.5 Å². The molecule has 0 spiro atoms. The van der Waals surface area contributed by atoms with E-state index >= 15 is 0 Å². The van der Waals surface area contributed by atoms with E-state index in [4.69, 9.17) is 0 Å². The maximum atomic E-state index is 3.45. The molecule has 1 saturated heterocycles. The summed E-state index contributed by atoms with van der Waals surface area (Å²) in [5.74, 6) is 1.97. The minimum absolute atomic E-state index is 0.848.